The van der Waals surface area contributed by atoms with Crippen LogP contribution in [0.5, 0.6) is 0 Å². The third-order valence-electron chi connectivity index (χ3n) is 2.83. The Bertz CT molecular complexity index is 554. The topological polar surface area (TPSA) is 20.2 Å². The molecule has 0 bridgehead atoms. The van der Waals surface area contributed by atoms with Crippen LogP contribution in [0.3, 0.4) is 0 Å². The van der Waals surface area contributed by atoms with Gasteiger partial charge in [0.05, 0.1) is 6.10 Å². The van der Waals surface area contributed by atoms with E-state index in [0.717, 1.165) is 15.6 Å². The fraction of sp³-hybridized carbons (Fsp3) is 0.200. The van der Waals surface area contributed by atoms with E-state index in [1.54, 1.807) is 12.1 Å². The lowest BCUT2D eigenvalue weighted by Gasteiger charge is -2.13. The fourth-order valence-corrected chi connectivity index (χ4v) is 2.89. The summed E-state index contributed by atoms with van der Waals surface area (Å²) in [6.07, 6.45) is 0.0699. The van der Waals surface area contributed by atoms with Gasteiger partial charge in [-0.1, -0.05) is 63.4 Å². The predicted octanol–water partition coefficient (Wildman–Crippen LogP) is 4.69. The first-order valence-electron chi connectivity index (χ1n) is 5.75. The second-order valence-electron chi connectivity index (χ2n) is 4.37. The van der Waals surface area contributed by atoms with Gasteiger partial charge < -0.3 is 5.11 Å². The number of aliphatic hydroxyl groups excluding tert-OH is 1. The number of benzene rings is 2. The van der Waals surface area contributed by atoms with Crippen molar-refractivity contribution in [3.8, 4) is 0 Å². The highest BCUT2D eigenvalue weighted by atomic mass is 79.9. The summed E-state index contributed by atoms with van der Waals surface area (Å²) in [5.41, 5.74) is 3.19. The van der Waals surface area contributed by atoms with Crippen LogP contribution in [-0.2, 0) is 6.42 Å². The van der Waals surface area contributed by atoms with Crippen molar-refractivity contribution in [2.24, 2.45) is 0 Å². The number of hydrogen-bond donors (Lipinski definition) is 1. The molecular formula is C15H14BrClO. The summed E-state index contributed by atoms with van der Waals surface area (Å²) in [6.45, 7) is 2.05. The van der Waals surface area contributed by atoms with Gasteiger partial charge in [0.15, 0.2) is 0 Å². The molecule has 0 radical (unpaired) electrons. The van der Waals surface area contributed by atoms with E-state index in [1.807, 2.05) is 31.2 Å². The molecule has 0 heterocycles. The van der Waals surface area contributed by atoms with Crippen molar-refractivity contribution in [2.75, 3.05) is 0 Å². The van der Waals surface area contributed by atoms with Crippen molar-refractivity contribution in [2.45, 2.75) is 19.4 Å². The number of aryl methyl sites for hydroxylation is 1. The van der Waals surface area contributed by atoms with Gasteiger partial charge in [0.25, 0.3) is 0 Å². The summed E-state index contributed by atoms with van der Waals surface area (Å²) in [5.74, 6) is 0. The molecule has 0 aliphatic heterocycles. The van der Waals surface area contributed by atoms with Crippen LogP contribution in [0.2, 0.25) is 5.02 Å². The highest BCUT2D eigenvalue weighted by molar-refractivity contribution is 9.10. The molecule has 94 valence electrons. The van der Waals surface area contributed by atoms with Crippen LogP contribution in [0.1, 0.15) is 22.8 Å². The van der Waals surface area contributed by atoms with Crippen molar-refractivity contribution in [3.63, 3.8) is 0 Å². The molecule has 1 atom stereocenters. The van der Waals surface area contributed by atoms with E-state index in [0.29, 0.717) is 11.4 Å². The molecule has 2 aromatic carbocycles. The molecule has 2 rings (SSSR count). The Morgan fingerprint density at radius 3 is 2.67 bits per heavy atom. The summed E-state index contributed by atoms with van der Waals surface area (Å²) in [5, 5.41) is 10.9. The Morgan fingerprint density at radius 1 is 1.22 bits per heavy atom. The molecule has 0 amide bonds. The van der Waals surface area contributed by atoms with E-state index in [-0.39, 0.29) is 0 Å². The summed E-state index contributed by atoms with van der Waals surface area (Å²) < 4.78 is 0.843. The fourth-order valence-electron chi connectivity index (χ4n) is 1.94. The van der Waals surface area contributed by atoms with Crippen molar-refractivity contribution < 1.29 is 5.11 Å². The molecule has 0 spiro atoms. The Morgan fingerprint density at radius 2 is 2.00 bits per heavy atom. The second-order valence-corrected chi connectivity index (χ2v) is 5.67. The standard InChI is InChI=1S/C15H14BrClO/c1-10-3-2-4-11(7-10)8-15(18)13-6-5-12(17)9-14(13)16/h2-7,9,15,18H,8H2,1H3. The van der Waals surface area contributed by atoms with Crippen LogP contribution in [0.25, 0.3) is 0 Å². The zero-order valence-electron chi connectivity index (χ0n) is 10.0. The first-order chi connectivity index (χ1) is 8.56. The maximum atomic E-state index is 10.3. The van der Waals surface area contributed by atoms with E-state index in [2.05, 4.69) is 22.0 Å². The average Bonchev–Trinajstić information content (AvgIpc) is 2.28. The molecule has 1 unspecified atom stereocenters. The first-order valence-corrected chi connectivity index (χ1v) is 6.92. The maximum absolute atomic E-state index is 10.3. The van der Waals surface area contributed by atoms with Gasteiger partial charge in [-0.25, -0.2) is 0 Å². The molecule has 0 saturated carbocycles. The summed E-state index contributed by atoms with van der Waals surface area (Å²) in [7, 11) is 0. The molecule has 0 aliphatic carbocycles. The van der Waals surface area contributed by atoms with Gasteiger partial charge in [0, 0.05) is 15.9 Å². The Hall–Kier alpha value is -0.830. The predicted molar refractivity (Wildman–Crippen MR) is 79.0 cm³/mol. The summed E-state index contributed by atoms with van der Waals surface area (Å²) in [4.78, 5) is 0. The van der Waals surface area contributed by atoms with Gasteiger partial charge in [0.2, 0.25) is 0 Å². The molecule has 1 N–H and O–H groups in total. The lowest BCUT2D eigenvalue weighted by Crippen LogP contribution is -2.02. The SMILES string of the molecule is Cc1cccc(CC(O)c2ccc(Cl)cc2Br)c1. The first kappa shape index (κ1) is 13.6. The minimum atomic E-state index is -0.529. The highest BCUT2D eigenvalue weighted by Gasteiger charge is 2.12. The van der Waals surface area contributed by atoms with E-state index < -0.39 is 6.10 Å². The molecule has 0 fully saturated rings. The molecule has 3 heteroatoms. The lowest BCUT2D eigenvalue weighted by atomic mass is 10.0. The van der Waals surface area contributed by atoms with Crippen molar-refractivity contribution in [1.29, 1.82) is 0 Å². The van der Waals surface area contributed by atoms with E-state index in [4.69, 9.17) is 11.6 Å². The average molecular weight is 326 g/mol. The lowest BCUT2D eigenvalue weighted by molar-refractivity contribution is 0.177. The zero-order valence-corrected chi connectivity index (χ0v) is 12.4. The van der Waals surface area contributed by atoms with Crippen LogP contribution in [-0.4, -0.2) is 5.11 Å². The van der Waals surface area contributed by atoms with Gasteiger partial charge in [-0.05, 0) is 30.2 Å². The smallest absolute Gasteiger partial charge is 0.0841 e. The largest absolute Gasteiger partial charge is 0.388 e. The van der Waals surface area contributed by atoms with Gasteiger partial charge in [0.1, 0.15) is 0 Å². The van der Waals surface area contributed by atoms with Crippen LogP contribution in [0.15, 0.2) is 46.9 Å². The second kappa shape index (κ2) is 5.87. The van der Waals surface area contributed by atoms with Gasteiger partial charge in [-0.15, -0.1) is 0 Å². The number of aliphatic hydroxyl groups is 1. The minimum absolute atomic E-state index is 0.529. The third kappa shape index (κ3) is 3.35. The summed E-state index contributed by atoms with van der Waals surface area (Å²) in [6, 6.07) is 13.6. The Balaban J connectivity index is 2.19. The normalized spacial score (nSPS) is 12.4. The Labute approximate surface area is 121 Å². The molecule has 0 saturated heterocycles. The van der Waals surface area contributed by atoms with Gasteiger partial charge in [-0.2, -0.15) is 0 Å². The van der Waals surface area contributed by atoms with Crippen LogP contribution in [0, 0.1) is 6.92 Å². The molecule has 0 aliphatic rings. The molecule has 18 heavy (non-hydrogen) atoms. The quantitative estimate of drug-likeness (QED) is 0.868. The van der Waals surface area contributed by atoms with E-state index in [9.17, 15) is 5.11 Å². The molecule has 2 aromatic rings. The molecular weight excluding hydrogens is 312 g/mol. The van der Waals surface area contributed by atoms with Crippen molar-refractivity contribution in [3.05, 3.63) is 68.7 Å². The van der Waals surface area contributed by atoms with Crippen LogP contribution < -0.4 is 0 Å². The third-order valence-corrected chi connectivity index (χ3v) is 3.75. The van der Waals surface area contributed by atoms with E-state index >= 15 is 0 Å². The number of halogens is 2. The minimum Gasteiger partial charge on any atom is -0.388 e. The number of hydrogen-bond acceptors (Lipinski definition) is 1. The number of rotatable bonds is 3. The zero-order chi connectivity index (χ0) is 13.1. The summed E-state index contributed by atoms with van der Waals surface area (Å²) >= 11 is 9.32. The van der Waals surface area contributed by atoms with Crippen LogP contribution >= 0.6 is 27.5 Å². The van der Waals surface area contributed by atoms with E-state index in [1.165, 1.54) is 5.56 Å². The van der Waals surface area contributed by atoms with Crippen LogP contribution in [0.4, 0.5) is 0 Å². The van der Waals surface area contributed by atoms with Crippen molar-refractivity contribution >= 4 is 27.5 Å². The molecule has 1 nitrogen and oxygen atoms in total. The van der Waals surface area contributed by atoms with Gasteiger partial charge >= 0.3 is 0 Å². The molecule has 0 aromatic heterocycles. The monoisotopic (exact) mass is 324 g/mol. The maximum Gasteiger partial charge on any atom is 0.0841 e. The highest BCUT2D eigenvalue weighted by Crippen LogP contribution is 2.28. The van der Waals surface area contributed by atoms with Crippen molar-refractivity contribution in [1.82, 2.24) is 0 Å². The van der Waals surface area contributed by atoms with Gasteiger partial charge in [-0.3, -0.25) is 0 Å². The Kier molecular flexibility index (Phi) is 4.44.